The number of para-hydroxylation sites is 1. The maximum atomic E-state index is 14.3. The summed E-state index contributed by atoms with van der Waals surface area (Å²) in [6, 6.07) is 17.3. The van der Waals surface area contributed by atoms with Gasteiger partial charge in [-0.1, -0.05) is 73.9 Å². The maximum Gasteiger partial charge on any atom is 0.332 e. The van der Waals surface area contributed by atoms with Gasteiger partial charge < -0.3 is 35.9 Å². The third kappa shape index (κ3) is 13.1. The van der Waals surface area contributed by atoms with E-state index in [4.69, 9.17) is 19.9 Å². The second-order valence-corrected chi connectivity index (χ2v) is 16.2. The van der Waals surface area contributed by atoms with E-state index in [1.54, 1.807) is 24.3 Å². The lowest BCUT2D eigenvalue weighted by Crippen LogP contribution is -2.61. The minimum absolute atomic E-state index is 0.0581. The van der Waals surface area contributed by atoms with Gasteiger partial charge >= 0.3 is 5.97 Å². The van der Waals surface area contributed by atoms with Gasteiger partial charge in [0.15, 0.2) is 0 Å². The Labute approximate surface area is 334 Å². The van der Waals surface area contributed by atoms with Crippen LogP contribution in [0.25, 0.3) is 10.9 Å². The Kier molecular flexibility index (Phi) is 15.5. The number of nitrogens with one attached hydrogen (secondary N) is 3. The molecule has 308 valence electrons. The van der Waals surface area contributed by atoms with E-state index in [9.17, 15) is 24.0 Å². The lowest BCUT2D eigenvalue weighted by molar-refractivity contribution is -0.159. The van der Waals surface area contributed by atoms with Crippen LogP contribution in [0.1, 0.15) is 75.3 Å². The number of esters is 1. The molecule has 2 aliphatic rings. The van der Waals surface area contributed by atoms with E-state index in [0.717, 1.165) is 36.6 Å². The number of amides is 4. The molecule has 0 unspecified atom stereocenters. The zero-order valence-electron chi connectivity index (χ0n) is 33.5. The first kappa shape index (κ1) is 43.2. The van der Waals surface area contributed by atoms with Crippen LogP contribution in [0.3, 0.4) is 0 Å². The molecule has 3 aromatic rings. The Morgan fingerprint density at radius 1 is 0.912 bits per heavy atom. The highest BCUT2D eigenvalue weighted by Gasteiger charge is 2.43. The van der Waals surface area contributed by atoms with E-state index in [0.29, 0.717) is 30.3 Å². The molecule has 4 amide bonds. The van der Waals surface area contributed by atoms with E-state index in [-0.39, 0.29) is 44.4 Å². The molecule has 0 bridgehead atoms. The second-order valence-electron chi connectivity index (χ2n) is 16.2. The highest BCUT2D eigenvalue weighted by atomic mass is 16.6. The smallest absolute Gasteiger partial charge is 0.332 e. The minimum atomic E-state index is -1.38. The van der Waals surface area contributed by atoms with Gasteiger partial charge in [-0.25, -0.2) is 9.78 Å². The van der Waals surface area contributed by atoms with Gasteiger partial charge in [-0.05, 0) is 69.6 Å². The molecule has 1 saturated heterocycles. The number of nitrogens with zero attached hydrogens (tertiary/aromatic N) is 2. The van der Waals surface area contributed by atoms with E-state index >= 15 is 0 Å². The molecule has 14 heteroatoms. The van der Waals surface area contributed by atoms with Crippen LogP contribution >= 0.6 is 0 Å². The van der Waals surface area contributed by atoms with Crippen LogP contribution in [0.4, 0.5) is 0 Å². The number of pyridine rings is 1. The largest absolute Gasteiger partial charge is 0.457 e. The highest BCUT2D eigenvalue weighted by molar-refractivity contribution is 5.99. The summed E-state index contributed by atoms with van der Waals surface area (Å²) in [7, 11) is 1.53. The number of carbonyl (C=O) groups is 5. The Morgan fingerprint density at radius 3 is 2.35 bits per heavy atom. The standard InChI is InChI=1S/C43H58N6O8/c1-43(2,3)48-42(54)36-23-30-15-8-9-16-31(30)25-49(36)26-37(57-39(51)27-56-21-20-55-4)34(22-28-12-6-5-7-13-28)46-41(53)35(24-38(44)50)47-40(52)33-19-18-29-14-10-11-17-32(29)45-33/h5-7,10-14,17-19,30-31,34-37H,8-9,15-16,20-27H2,1-4H3,(H2,44,50)(H,46,53)(H,47,52)(H,48,54)/t30-,31+,34-,35-,36-,37+/m0/s1. The van der Waals surface area contributed by atoms with Crippen molar-refractivity contribution in [3.63, 3.8) is 0 Å². The summed E-state index contributed by atoms with van der Waals surface area (Å²) < 4.78 is 16.8. The van der Waals surface area contributed by atoms with Gasteiger partial charge in [0, 0.05) is 31.1 Å². The van der Waals surface area contributed by atoms with Gasteiger partial charge in [-0.3, -0.25) is 24.1 Å². The molecule has 0 radical (unpaired) electrons. The van der Waals surface area contributed by atoms with Gasteiger partial charge in [0.25, 0.3) is 5.91 Å². The van der Waals surface area contributed by atoms with E-state index in [2.05, 4.69) is 25.8 Å². The number of likely N-dealkylation sites (tertiary alicyclic amines) is 1. The van der Waals surface area contributed by atoms with Crippen molar-refractivity contribution in [2.45, 2.75) is 95.5 Å². The Bertz CT molecular complexity index is 1830. The molecule has 1 aliphatic heterocycles. The second kappa shape index (κ2) is 20.5. The van der Waals surface area contributed by atoms with Crippen molar-refractivity contribution in [3.8, 4) is 0 Å². The fraction of sp³-hybridized carbons (Fsp3) is 0.535. The van der Waals surface area contributed by atoms with Crippen molar-refractivity contribution >= 4 is 40.5 Å². The lowest BCUT2D eigenvalue weighted by atomic mass is 9.72. The normalized spacial score (nSPS) is 20.0. The average Bonchev–Trinajstić information content (AvgIpc) is 3.17. The number of rotatable bonds is 18. The third-order valence-electron chi connectivity index (χ3n) is 10.6. The average molecular weight is 787 g/mol. The van der Waals surface area contributed by atoms with E-state index in [1.807, 2.05) is 63.2 Å². The summed E-state index contributed by atoms with van der Waals surface area (Å²) in [6.07, 6.45) is 3.75. The number of fused-ring (bicyclic) bond motifs is 2. The van der Waals surface area contributed by atoms with Gasteiger partial charge in [0.05, 0.1) is 37.2 Å². The molecular formula is C43H58N6O8. The van der Waals surface area contributed by atoms with Gasteiger partial charge in [-0.15, -0.1) is 0 Å². The Balaban J connectivity index is 1.46. The first-order valence-electron chi connectivity index (χ1n) is 19.9. The van der Waals surface area contributed by atoms with Gasteiger partial charge in [-0.2, -0.15) is 0 Å². The summed E-state index contributed by atoms with van der Waals surface area (Å²) in [4.78, 5) is 74.1. The quantitative estimate of drug-likeness (QED) is 0.110. The van der Waals surface area contributed by atoms with Crippen LogP contribution in [0, 0.1) is 11.8 Å². The van der Waals surface area contributed by atoms with E-state index in [1.165, 1.54) is 7.11 Å². The molecule has 0 spiro atoms. The van der Waals surface area contributed by atoms with Gasteiger partial charge in [0.2, 0.25) is 17.7 Å². The van der Waals surface area contributed by atoms with Crippen LogP contribution in [0.2, 0.25) is 0 Å². The van der Waals surface area contributed by atoms with Crippen molar-refractivity contribution in [3.05, 3.63) is 78.0 Å². The van der Waals surface area contributed by atoms with E-state index < -0.39 is 59.9 Å². The highest BCUT2D eigenvalue weighted by Crippen LogP contribution is 2.39. The number of carbonyl (C=O) groups excluding carboxylic acids is 5. The van der Waals surface area contributed by atoms with Crippen LogP contribution in [-0.2, 0) is 39.8 Å². The number of benzene rings is 2. The number of aromatic nitrogens is 1. The Morgan fingerprint density at radius 2 is 1.63 bits per heavy atom. The van der Waals surface area contributed by atoms with Crippen LogP contribution < -0.4 is 21.7 Å². The molecule has 6 atom stereocenters. The number of primary amides is 1. The minimum Gasteiger partial charge on any atom is -0.457 e. The number of hydrogen-bond donors (Lipinski definition) is 4. The number of piperidine rings is 1. The Hall–Kier alpha value is -4.92. The van der Waals surface area contributed by atoms with Crippen molar-refractivity contribution < 1.29 is 38.2 Å². The maximum absolute atomic E-state index is 14.3. The predicted octanol–water partition coefficient (Wildman–Crippen LogP) is 3.31. The van der Waals surface area contributed by atoms with Crippen molar-refractivity contribution in [2.24, 2.45) is 17.6 Å². The van der Waals surface area contributed by atoms with Crippen molar-refractivity contribution in [2.75, 3.05) is 40.0 Å². The first-order valence-corrected chi connectivity index (χ1v) is 19.9. The fourth-order valence-electron chi connectivity index (χ4n) is 7.87. The summed E-state index contributed by atoms with van der Waals surface area (Å²) in [5, 5.41) is 9.68. The summed E-state index contributed by atoms with van der Waals surface area (Å²) in [5.41, 5.74) is 6.63. The monoisotopic (exact) mass is 786 g/mol. The van der Waals surface area contributed by atoms with Crippen LogP contribution in [-0.4, -0.2) is 109 Å². The van der Waals surface area contributed by atoms with Crippen molar-refractivity contribution in [1.29, 1.82) is 0 Å². The fourth-order valence-corrected chi connectivity index (χ4v) is 7.87. The lowest BCUT2D eigenvalue weighted by Gasteiger charge is -2.47. The molecule has 1 saturated carbocycles. The number of ether oxygens (including phenoxy) is 3. The van der Waals surface area contributed by atoms with Gasteiger partial charge in [0.1, 0.15) is 24.4 Å². The number of hydrogen-bond acceptors (Lipinski definition) is 10. The molecule has 1 aliphatic carbocycles. The zero-order chi connectivity index (χ0) is 41.0. The number of nitrogens with two attached hydrogens (primary N) is 1. The summed E-state index contributed by atoms with van der Waals surface area (Å²) in [5.74, 6) is -2.16. The first-order chi connectivity index (χ1) is 27.3. The summed E-state index contributed by atoms with van der Waals surface area (Å²) in [6.45, 7) is 6.67. The topological polar surface area (TPSA) is 191 Å². The molecule has 2 heterocycles. The summed E-state index contributed by atoms with van der Waals surface area (Å²) >= 11 is 0. The molecule has 57 heavy (non-hydrogen) atoms. The molecule has 1 aromatic heterocycles. The number of methoxy groups -OCH3 is 1. The van der Waals surface area contributed by atoms with Crippen LogP contribution in [0.5, 0.6) is 0 Å². The molecule has 5 N–H and O–H groups in total. The van der Waals surface area contributed by atoms with Crippen molar-refractivity contribution in [1.82, 2.24) is 25.8 Å². The molecule has 2 aromatic carbocycles. The molecule has 2 fully saturated rings. The zero-order valence-corrected chi connectivity index (χ0v) is 33.5. The molecule has 14 nitrogen and oxygen atoms in total. The molecule has 5 rings (SSSR count). The van der Waals surface area contributed by atoms with Crippen LogP contribution in [0.15, 0.2) is 66.7 Å². The predicted molar refractivity (Wildman–Crippen MR) is 215 cm³/mol. The third-order valence-corrected chi connectivity index (χ3v) is 10.6. The SMILES string of the molecule is COCCOCC(=O)O[C@H](CN1C[C@H]2CCCC[C@H]2C[C@H]1C(=O)NC(C)(C)C)[C@H](Cc1ccccc1)NC(=O)[C@H](CC(N)=O)NC(=O)c1ccc2ccccc2n1. The molecular weight excluding hydrogens is 729 g/mol.